The van der Waals surface area contributed by atoms with Crippen molar-refractivity contribution in [1.29, 1.82) is 0 Å². The highest BCUT2D eigenvalue weighted by Crippen LogP contribution is 2.20. The van der Waals surface area contributed by atoms with Crippen LogP contribution in [0.25, 0.3) is 6.08 Å². The largest absolute Gasteiger partial charge is 0.339 e. The molecule has 26 heavy (non-hydrogen) atoms. The third-order valence-electron chi connectivity index (χ3n) is 4.56. The molecule has 0 unspecified atom stereocenters. The summed E-state index contributed by atoms with van der Waals surface area (Å²) >= 11 is 0. The van der Waals surface area contributed by atoms with Gasteiger partial charge in [-0.3, -0.25) is 9.59 Å². The number of para-hydroxylation sites is 1. The van der Waals surface area contributed by atoms with Crippen LogP contribution in [0.3, 0.4) is 0 Å². The van der Waals surface area contributed by atoms with E-state index in [1.165, 1.54) is 18.1 Å². The monoisotopic (exact) mass is 348 g/mol. The van der Waals surface area contributed by atoms with Crippen LogP contribution in [0.5, 0.6) is 0 Å². The van der Waals surface area contributed by atoms with Gasteiger partial charge in [0.2, 0.25) is 5.91 Å². The molecule has 0 saturated carbocycles. The highest BCUT2D eigenvalue weighted by atomic mass is 16.2. The number of amides is 2. The van der Waals surface area contributed by atoms with Crippen molar-refractivity contribution in [2.24, 2.45) is 0 Å². The van der Waals surface area contributed by atoms with Crippen molar-refractivity contribution in [3.05, 3.63) is 71.3 Å². The number of nitrogens with zero attached hydrogens (tertiary/aromatic N) is 1. The summed E-state index contributed by atoms with van der Waals surface area (Å²) in [6, 6.07) is 15.1. The molecule has 134 valence electrons. The van der Waals surface area contributed by atoms with Gasteiger partial charge in [-0.05, 0) is 50.0 Å². The molecule has 0 radical (unpaired) electrons. The van der Waals surface area contributed by atoms with Crippen molar-refractivity contribution in [3.63, 3.8) is 0 Å². The van der Waals surface area contributed by atoms with Crippen molar-refractivity contribution in [1.82, 2.24) is 4.90 Å². The standard InChI is InChI=1S/C22H24N2O2/c1-17-9-11-18(12-10-17)13-14-21(25)23-20-8-4-3-7-19(20)22(26)24-15-5-2-6-16-24/h3-4,7-14H,2,5-6,15-16H2,1H3,(H,23,25)/b14-13+. The number of piperidine rings is 1. The van der Waals surface area contributed by atoms with Gasteiger partial charge in [0, 0.05) is 19.2 Å². The van der Waals surface area contributed by atoms with E-state index in [4.69, 9.17) is 0 Å². The van der Waals surface area contributed by atoms with Crippen molar-refractivity contribution in [3.8, 4) is 0 Å². The summed E-state index contributed by atoms with van der Waals surface area (Å²) in [6.07, 6.45) is 6.52. The minimum atomic E-state index is -0.246. The van der Waals surface area contributed by atoms with Crippen LogP contribution in [0, 0.1) is 6.92 Å². The topological polar surface area (TPSA) is 49.4 Å². The Labute approximate surface area is 154 Å². The van der Waals surface area contributed by atoms with E-state index in [0.717, 1.165) is 31.5 Å². The SMILES string of the molecule is Cc1ccc(/C=C/C(=O)Nc2ccccc2C(=O)N2CCCCC2)cc1. The molecular weight excluding hydrogens is 324 g/mol. The lowest BCUT2D eigenvalue weighted by Gasteiger charge is -2.27. The Hall–Kier alpha value is -2.88. The highest BCUT2D eigenvalue weighted by molar-refractivity contribution is 6.07. The molecule has 0 bridgehead atoms. The van der Waals surface area contributed by atoms with E-state index < -0.39 is 0 Å². The van der Waals surface area contributed by atoms with E-state index >= 15 is 0 Å². The quantitative estimate of drug-likeness (QED) is 0.839. The number of rotatable bonds is 4. The number of hydrogen-bond acceptors (Lipinski definition) is 2. The van der Waals surface area contributed by atoms with Crippen LogP contribution < -0.4 is 5.32 Å². The van der Waals surface area contributed by atoms with Gasteiger partial charge in [0.15, 0.2) is 0 Å². The first-order chi connectivity index (χ1) is 12.6. The number of anilines is 1. The molecule has 1 N–H and O–H groups in total. The molecular formula is C22H24N2O2. The fraction of sp³-hybridized carbons (Fsp3) is 0.273. The predicted octanol–water partition coefficient (Wildman–Crippen LogP) is 4.27. The first kappa shape index (κ1) is 17.9. The number of carbonyl (C=O) groups excluding carboxylic acids is 2. The van der Waals surface area contributed by atoms with Crippen molar-refractivity contribution < 1.29 is 9.59 Å². The summed E-state index contributed by atoms with van der Waals surface area (Å²) in [5, 5.41) is 2.84. The van der Waals surface area contributed by atoms with Crippen molar-refractivity contribution in [2.45, 2.75) is 26.2 Å². The zero-order chi connectivity index (χ0) is 18.4. The third kappa shape index (κ3) is 4.60. The molecule has 1 saturated heterocycles. The Morgan fingerprint density at radius 1 is 0.962 bits per heavy atom. The van der Waals surface area contributed by atoms with Crippen LogP contribution in [0.4, 0.5) is 5.69 Å². The van der Waals surface area contributed by atoms with E-state index in [1.807, 2.05) is 48.2 Å². The third-order valence-corrected chi connectivity index (χ3v) is 4.56. The lowest BCUT2D eigenvalue weighted by molar-refractivity contribution is -0.111. The number of carbonyl (C=O) groups is 2. The summed E-state index contributed by atoms with van der Waals surface area (Å²) in [6.45, 7) is 3.60. The van der Waals surface area contributed by atoms with Gasteiger partial charge in [0.25, 0.3) is 5.91 Å². The van der Waals surface area contributed by atoms with E-state index in [0.29, 0.717) is 11.3 Å². The smallest absolute Gasteiger partial charge is 0.255 e. The second-order valence-electron chi connectivity index (χ2n) is 6.63. The molecule has 0 aliphatic carbocycles. The van der Waals surface area contributed by atoms with Gasteiger partial charge in [-0.15, -0.1) is 0 Å². The molecule has 3 rings (SSSR count). The Morgan fingerprint density at radius 3 is 2.38 bits per heavy atom. The molecule has 2 aromatic rings. The molecule has 0 spiro atoms. The maximum absolute atomic E-state index is 12.8. The van der Waals surface area contributed by atoms with Crippen LogP contribution in [0.15, 0.2) is 54.6 Å². The zero-order valence-corrected chi connectivity index (χ0v) is 15.1. The predicted molar refractivity (Wildman–Crippen MR) is 105 cm³/mol. The summed E-state index contributed by atoms with van der Waals surface area (Å²) in [7, 11) is 0. The summed E-state index contributed by atoms with van der Waals surface area (Å²) in [4.78, 5) is 26.9. The number of nitrogens with one attached hydrogen (secondary N) is 1. The number of hydrogen-bond donors (Lipinski definition) is 1. The minimum absolute atomic E-state index is 0.0110. The number of benzene rings is 2. The molecule has 4 heteroatoms. The Kier molecular flexibility index (Phi) is 5.84. The van der Waals surface area contributed by atoms with Gasteiger partial charge >= 0.3 is 0 Å². The van der Waals surface area contributed by atoms with Crippen molar-refractivity contribution in [2.75, 3.05) is 18.4 Å². The van der Waals surface area contributed by atoms with Gasteiger partial charge in [-0.1, -0.05) is 42.0 Å². The van der Waals surface area contributed by atoms with Crippen LogP contribution in [-0.2, 0) is 4.79 Å². The van der Waals surface area contributed by atoms with Crippen LogP contribution in [0.1, 0.15) is 40.7 Å². The molecule has 4 nitrogen and oxygen atoms in total. The fourth-order valence-corrected chi connectivity index (χ4v) is 3.07. The van der Waals surface area contributed by atoms with Gasteiger partial charge in [-0.25, -0.2) is 0 Å². The number of aryl methyl sites for hydroxylation is 1. The second-order valence-corrected chi connectivity index (χ2v) is 6.63. The van der Waals surface area contributed by atoms with Crippen molar-refractivity contribution >= 4 is 23.6 Å². The highest BCUT2D eigenvalue weighted by Gasteiger charge is 2.20. The zero-order valence-electron chi connectivity index (χ0n) is 15.1. The normalized spacial score (nSPS) is 14.4. The van der Waals surface area contributed by atoms with E-state index in [9.17, 15) is 9.59 Å². The lowest BCUT2D eigenvalue weighted by atomic mass is 10.1. The van der Waals surface area contributed by atoms with E-state index in [2.05, 4.69) is 5.32 Å². The van der Waals surface area contributed by atoms with Crippen LogP contribution >= 0.6 is 0 Å². The molecule has 0 aromatic heterocycles. The van der Waals surface area contributed by atoms with Gasteiger partial charge in [-0.2, -0.15) is 0 Å². The van der Waals surface area contributed by atoms with E-state index in [1.54, 1.807) is 18.2 Å². The Balaban J connectivity index is 1.70. The van der Waals surface area contributed by atoms with Gasteiger partial charge in [0.1, 0.15) is 0 Å². The molecule has 1 heterocycles. The first-order valence-electron chi connectivity index (χ1n) is 9.07. The van der Waals surface area contributed by atoms with E-state index in [-0.39, 0.29) is 11.8 Å². The second kappa shape index (κ2) is 8.48. The van der Waals surface area contributed by atoms with Gasteiger partial charge < -0.3 is 10.2 Å². The summed E-state index contributed by atoms with van der Waals surface area (Å²) in [5.74, 6) is -0.257. The summed E-state index contributed by atoms with van der Waals surface area (Å²) in [5.41, 5.74) is 3.24. The molecule has 0 atom stereocenters. The molecule has 2 amide bonds. The number of likely N-dealkylation sites (tertiary alicyclic amines) is 1. The van der Waals surface area contributed by atoms with Crippen LogP contribution in [-0.4, -0.2) is 29.8 Å². The molecule has 1 aliphatic rings. The lowest BCUT2D eigenvalue weighted by Crippen LogP contribution is -2.36. The summed E-state index contributed by atoms with van der Waals surface area (Å²) < 4.78 is 0. The Morgan fingerprint density at radius 2 is 1.65 bits per heavy atom. The first-order valence-corrected chi connectivity index (χ1v) is 9.07. The molecule has 1 aliphatic heterocycles. The molecule has 2 aromatic carbocycles. The van der Waals surface area contributed by atoms with Crippen LogP contribution in [0.2, 0.25) is 0 Å². The maximum atomic E-state index is 12.8. The maximum Gasteiger partial charge on any atom is 0.255 e. The minimum Gasteiger partial charge on any atom is -0.339 e. The average molecular weight is 348 g/mol. The average Bonchev–Trinajstić information content (AvgIpc) is 2.68. The van der Waals surface area contributed by atoms with Gasteiger partial charge in [0.05, 0.1) is 11.3 Å². The Bertz CT molecular complexity index is 803. The molecule has 1 fully saturated rings. The fourth-order valence-electron chi connectivity index (χ4n) is 3.07.